The molecule has 0 heterocycles. The molecule has 0 aliphatic carbocycles. The molecular weight excluding hydrogens is 514 g/mol. The van der Waals surface area contributed by atoms with Crippen molar-refractivity contribution >= 4 is 71.1 Å². The molecule has 10 nitrogen and oxygen atoms in total. The van der Waals surface area contributed by atoms with Gasteiger partial charge in [0.2, 0.25) is 5.96 Å². The van der Waals surface area contributed by atoms with Gasteiger partial charge in [0.1, 0.15) is 17.9 Å². The van der Waals surface area contributed by atoms with E-state index in [1.165, 1.54) is 5.56 Å². The van der Waals surface area contributed by atoms with Crippen LogP contribution in [0.2, 0.25) is 18.1 Å². The van der Waals surface area contributed by atoms with Gasteiger partial charge in [-0.15, -0.1) is 4.99 Å². The van der Waals surface area contributed by atoms with Crippen molar-refractivity contribution in [3.63, 3.8) is 0 Å². The Bertz CT molecular complexity index is 1090. The van der Waals surface area contributed by atoms with Crippen LogP contribution in [0.4, 0.5) is 9.59 Å². The number of carbonyl (C=O) groups is 2. The minimum absolute atomic E-state index is 0.0513. The van der Waals surface area contributed by atoms with Gasteiger partial charge >= 0.3 is 12.2 Å². The van der Waals surface area contributed by atoms with E-state index in [9.17, 15) is 14.4 Å². The smallest absolute Gasteiger partial charge is 0.432 e. The fourth-order valence-electron chi connectivity index (χ4n) is 3.36. The van der Waals surface area contributed by atoms with Crippen molar-refractivity contribution < 1.29 is 23.4 Å². The Labute approximate surface area is 219 Å². The van der Waals surface area contributed by atoms with Gasteiger partial charge in [-0.2, -0.15) is 0 Å². The Morgan fingerprint density at radius 3 is 2.22 bits per heavy atom. The second-order valence-electron chi connectivity index (χ2n) is 9.27. The van der Waals surface area contributed by atoms with Crippen molar-refractivity contribution in [2.24, 2.45) is 4.99 Å². The molecule has 2 rings (SSSR count). The Balaban J connectivity index is 2.18. The molecule has 36 heavy (non-hydrogen) atoms. The van der Waals surface area contributed by atoms with Crippen molar-refractivity contribution in [3.05, 3.63) is 47.5 Å². The van der Waals surface area contributed by atoms with Crippen molar-refractivity contribution in [2.45, 2.75) is 44.8 Å². The second kappa shape index (κ2) is 14.1. The number of carbonyl (C=O) groups excluding carboxylic acids is 2. The second-order valence-corrected chi connectivity index (χ2v) is 15.6. The summed E-state index contributed by atoms with van der Waals surface area (Å²) in [6.07, 6.45) is -0.182. The summed E-state index contributed by atoms with van der Waals surface area (Å²) in [5, 5.41) is 7.53. The van der Waals surface area contributed by atoms with E-state index in [0.717, 1.165) is 22.8 Å². The third kappa shape index (κ3) is 9.14. The third-order valence-corrected chi connectivity index (χ3v) is 10.4. The lowest BCUT2D eigenvalue weighted by Crippen LogP contribution is -2.42. The first-order valence-electron chi connectivity index (χ1n) is 11.5. The van der Waals surface area contributed by atoms with Gasteiger partial charge in [0.05, 0.1) is 0 Å². The van der Waals surface area contributed by atoms with Gasteiger partial charge in [0.25, 0.3) is 0 Å². The van der Waals surface area contributed by atoms with Gasteiger partial charge < -0.3 is 29.2 Å². The molecule has 5 N–H and O–H groups in total. The molecule has 0 bridgehead atoms. The fourth-order valence-corrected chi connectivity index (χ4v) is 4.46. The molecule has 2 atom stereocenters. The predicted octanol–water partition coefficient (Wildman–Crippen LogP) is 2.00. The highest BCUT2D eigenvalue weighted by Gasteiger charge is 2.38. The zero-order valence-electron chi connectivity index (χ0n) is 21.6. The van der Waals surface area contributed by atoms with Gasteiger partial charge in [-0.05, 0) is 52.9 Å². The Morgan fingerprint density at radius 2 is 1.61 bits per heavy atom. The molecule has 0 fully saturated rings. The van der Waals surface area contributed by atoms with Crippen molar-refractivity contribution in [2.75, 3.05) is 6.54 Å². The maximum atomic E-state index is 12.0. The van der Waals surface area contributed by atoms with Gasteiger partial charge in [-0.1, -0.05) is 50.2 Å². The number of nitrogens with zero attached hydrogens (tertiary/aromatic N) is 1. The summed E-state index contributed by atoms with van der Waals surface area (Å²) in [5.41, 5.74) is 2.31. The van der Waals surface area contributed by atoms with E-state index >= 15 is 0 Å². The van der Waals surface area contributed by atoms with E-state index in [1.54, 1.807) is 16.0 Å². The van der Waals surface area contributed by atoms with Gasteiger partial charge in [0, 0.05) is 6.54 Å². The first-order chi connectivity index (χ1) is 17.0. The zero-order chi connectivity index (χ0) is 26.8. The van der Waals surface area contributed by atoms with Gasteiger partial charge in [-0.3, -0.25) is 5.32 Å². The third-order valence-electron chi connectivity index (χ3n) is 5.99. The first kappa shape index (κ1) is 30.2. The van der Waals surface area contributed by atoms with E-state index in [4.69, 9.17) is 9.05 Å². The highest BCUT2D eigenvalue weighted by molar-refractivity contribution is 7.32. The predicted molar refractivity (Wildman–Crippen MR) is 157 cm³/mol. The number of hydrogen-bond acceptors (Lipinski definition) is 7. The number of fused-ring (bicyclic) bond motifs is 1. The van der Waals surface area contributed by atoms with Crippen LogP contribution in [-0.2, 0) is 21.9 Å². The molecule has 0 aliphatic rings. The molecule has 0 aromatic heterocycles. The number of benzene rings is 2. The minimum Gasteiger partial charge on any atom is -0.432 e. The zero-order valence-corrected chi connectivity index (χ0v) is 24.6. The van der Waals surface area contributed by atoms with Crippen LogP contribution in [0.25, 0.3) is 10.8 Å². The molecule has 0 saturated carbocycles. The highest BCUT2D eigenvalue weighted by Crippen LogP contribution is 2.40. The van der Waals surface area contributed by atoms with Crippen LogP contribution < -0.4 is 20.6 Å². The number of rotatable bonds is 10. The molecule has 0 saturated heterocycles. The fraction of sp³-hybridized carbons (Fsp3) is 0.381. The van der Waals surface area contributed by atoms with Crippen molar-refractivity contribution in [1.82, 2.24) is 20.6 Å². The van der Waals surface area contributed by atoms with E-state index in [2.05, 4.69) is 63.7 Å². The summed E-state index contributed by atoms with van der Waals surface area (Å²) >= 11 is 0. The van der Waals surface area contributed by atoms with Gasteiger partial charge in [0.15, 0.2) is 24.3 Å². The molecule has 15 heteroatoms. The van der Waals surface area contributed by atoms with Crippen LogP contribution in [0.3, 0.4) is 0 Å². The van der Waals surface area contributed by atoms with E-state index in [1.807, 2.05) is 25.2 Å². The molecule has 0 radical (unpaired) electrons. The van der Waals surface area contributed by atoms with Crippen LogP contribution in [0.15, 0.2) is 41.4 Å². The van der Waals surface area contributed by atoms with Crippen molar-refractivity contribution in [1.29, 1.82) is 0 Å². The number of aliphatic imine (C=N–C) groups is 1. The SMILES string of the molecule is BNPOC(=O)/N=C(/NCCc1cccc2c(CC(C)(C)[Si](C)(C)O)cccc12)NC(=O)OPNB. The lowest BCUT2D eigenvalue weighted by molar-refractivity contribution is 0.211. The quantitative estimate of drug-likeness (QED) is 0.132. The Morgan fingerprint density at radius 1 is 1.03 bits per heavy atom. The van der Waals surface area contributed by atoms with Crippen LogP contribution in [0, 0.1) is 0 Å². The molecule has 2 aromatic rings. The summed E-state index contributed by atoms with van der Waals surface area (Å²) < 4.78 is 9.87. The molecule has 0 aliphatic heterocycles. The summed E-state index contributed by atoms with van der Waals surface area (Å²) in [6.45, 7) is 8.62. The Hall–Kier alpha value is -2.00. The monoisotopic (exact) mass is 549 g/mol. The number of amides is 2. The maximum Gasteiger partial charge on any atom is 0.440 e. The largest absolute Gasteiger partial charge is 0.440 e. The summed E-state index contributed by atoms with van der Waals surface area (Å²) in [7, 11) is 0.454. The maximum absolute atomic E-state index is 12.0. The normalized spacial score (nSPS) is 13.0. The molecule has 2 unspecified atom stereocenters. The lowest BCUT2D eigenvalue weighted by atomic mass is 9.93. The standard InChI is InChI=1S/C21H35B2N5O5P2Si/c1-21(2,36(3,4)31)13-15-8-6-9-16-14(7-5-10-17(15)16)11-12-24-18(25-19(29)32-34-27-22)26-20(30)33-35-28-23/h5-10,27-28,31,34-35H,11-13,22-23H2,1-4H3,(H2,24,25,26,29,30). The summed E-state index contributed by atoms with van der Waals surface area (Å²) in [6, 6.07) is 12.4. The highest BCUT2D eigenvalue weighted by atomic mass is 31.1. The van der Waals surface area contributed by atoms with Crippen LogP contribution in [-0.4, -0.2) is 53.8 Å². The van der Waals surface area contributed by atoms with Crippen LogP contribution in [0.1, 0.15) is 25.0 Å². The molecule has 2 amide bonds. The van der Waals surface area contributed by atoms with E-state index in [-0.39, 0.29) is 28.9 Å². The molecule has 0 spiro atoms. The molecule has 194 valence electrons. The van der Waals surface area contributed by atoms with Crippen molar-refractivity contribution in [3.8, 4) is 0 Å². The first-order valence-corrected chi connectivity index (χ1v) is 16.3. The van der Waals surface area contributed by atoms with Crippen LogP contribution in [0.5, 0.6) is 0 Å². The van der Waals surface area contributed by atoms with Crippen LogP contribution >= 0.6 is 17.9 Å². The van der Waals surface area contributed by atoms with Gasteiger partial charge in [-0.25, -0.2) is 9.59 Å². The lowest BCUT2D eigenvalue weighted by Gasteiger charge is -2.35. The summed E-state index contributed by atoms with van der Waals surface area (Å²) in [5.74, 6) is -0.0513. The average molecular weight is 549 g/mol. The molecule has 2 aromatic carbocycles. The Kier molecular flexibility index (Phi) is 11.8. The number of hydrogen-bond donors (Lipinski definition) is 5. The number of nitrogens with one attached hydrogen (secondary N) is 4. The summed E-state index contributed by atoms with van der Waals surface area (Å²) in [4.78, 5) is 43.9. The topological polar surface area (TPSA) is 133 Å². The average Bonchev–Trinajstić information content (AvgIpc) is 2.81. The minimum atomic E-state index is -2.36. The molecular formula is C21H35B2N5O5P2Si. The van der Waals surface area contributed by atoms with E-state index < -0.39 is 20.5 Å². The van der Waals surface area contributed by atoms with E-state index in [0.29, 0.717) is 13.0 Å². The number of guanidine groups is 1.